The summed E-state index contributed by atoms with van der Waals surface area (Å²) in [6.07, 6.45) is 0.206. The first kappa shape index (κ1) is 17.6. The minimum Gasteiger partial charge on any atom is -0.383 e. The third-order valence-electron chi connectivity index (χ3n) is 4.27. The Balaban J connectivity index is 1.74. The van der Waals surface area contributed by atoms with E-state index >= 15 is 0 Å². The van der Waals surface area contributed by atoms with Crippen LogP contribution in [0, 0.1) is 0 Å². The van der Waals surface area contributed by atoms with Crippen molar-refractivity contribution in [1.82, 2.24) is 15.5 Å². The number of nitrogens with zero attached hydrogens (tertiary/aromatic N) is 1. The Labute approximate surface area is 149 Å². The lowest BCUT2D eigenvalue weighted by atomic mass is 10.0. The Hall–Kier alpha value is -3.23. The number of carbonyl (C=O) groups excluding carboxylic acids is 5. The van der Waals surface area contributed by atoms with Crippen molar-refractivity contribution >= 4 is 35.2 Å². The molecule has 2 aliphatic rings. The van der Waals surface area contributed by atoms with E-state index in [9.17, 15) is 24.0 Å². The van der Waals surface area contributed by atoms with Crippen LogP contribution in [0.15, 0.2) is 18.2 Å². The highest BCUT2D eigenvalue weighted by molar-refractivity contribution is 6.23. The lowest BCUT2D eigenvalue weighted by Gasteiger charge is -2.27. The number of fused-ring (bicyclic) bond motifs is 1. The van der Waals surface area contributed by atoms with Crippen LogP contribution in [0.1, 0.15) is 40.5 Å². The molecule has 0 bridgehead atoms. The fourth-order valence-electron chi connectivity index (χ4n) is 3.03. The molecular weight excluding hydrogens is 340 g/mol. The molecule has 1 atom stereocenters. The zero-order chi connectivity index (χ0) is 18.8. The van der Waals surface area contributed by atoms with Crippen LogP contribution >= 0.6 is 0 Å². The highest BCUT2D eigenvalue weighted by Crippen LogP contribution is 2.29. The van der Waals surface area contributed by atoms with Gasteiger partial charge in [-0.25, -0.2) is 0 Å². The second-order valence-corrected chi connectivity index (χ2v) is 6.12. The van der Waals surface area contributed by atoms with Crippen LogP contribution in [0.4, 0.5) is 5.69 Å². The molecule has 26 heavy (non-hydrogen) atoms. The van der Waals surface area contributed by atoms with Crippen molar-refractivity contribution < 1.29 is 24.0 Å². The molecule has 0 aliphatic carbocycles. The van der Waals surface area contributed by atoms with Crippen LogP contribution in [-0.4, -0.2) is 53.6 Å². The fraction of sp³-hybridized carbons (Fsp3) is 0.353. The Morgan fingerprint density at radius 3 is 2.58 bits per heavy atom. The quantitative estimate of drug-likeness (QED) is 0.487. The van der Waals surface area contributed by atoms with Gasteiger partial charge >= 0.3 is 0 Å². The largest absolute Gasteiger partial charge is 0.383 e. The van der Waals surface area contributed by atoms with Gasteiger partial charge in [0.05, 0.1) is 11.1 Å². The van der Waals surface area contributed by atoms with Crippen molar-refractivity contribution in [2.45, 2.75) is 25.8 Å². The summed E-state index contributed by atoms with van der Waals surface area (Å²) in [5.41, 5.74) is 1.07. The molecule has 0 saturated carbocycles. The molecule has 1 aromatic rings. The van der Waals surface area contributed by atoms with Crippen LogP contribution < -0.4 is 16.0 Å². The van der Waals surface area contributed by atoms with Crippen LogP contribution in [0.3, 0.4) is 0 Å². The van der Waals surface area contributed by atoms with Gasteiger partial charge in [-0.3, -0.25) is 34.2 Å². The second kappa shape index (κ2) is 6.95. The van der Waals surface area contributed by atoms with Gasteiger partial charge in [0, 0.05) is 32.1 Å². The minimum atomic E-state index is -0.976. The molecule has 1 aromatic carbocycles. The summed E-state index contributed by atoms with van der Waals surface area (Å²) < 4.78 is 0. The zero-order valence-corrected chi connectivity index (χ0v) is 14.1. The molecule has 1 unspecified atom stereocenters. The number of benzene rings is 1. The molecule has 0 spiro atoms. The number of imide groups is 2. The standard InChI is InChI=1S/C17H18N4O5/c1-9(22)18-6-7-19-10-2-3-11-12(8-10)17(26)21(16(11)25)13-4-5-14(23)20-15(13)24/h2-3,8,13,19H,4-7H2,1H3,(H,18,22)(H,20,23,24). The molecule has 0 radical (unpaired) electrons. The van der Waals surface area contributed by atoms with Crippen molar-refractivity contribution in [2.75, 3.05) is 18.4 Å². The number of carbonyl (C=O) groups is 5. The number of hydrogen-bond acceptors (Lipinski definition) is 6. The third kappa shape index (κ3) is 3.28. The number of nitrogens with one attached hydrogen (secondary N) is 3. The van der Waals surface area contributed by atoms with Gasteiger partial charge in [0.25, 0.3) is 11.8 Å². The SMILES string of the molecule is CC(=O)NCCNc1ccc2c(c1)C(=O)N(C1CCC(=O)NC1=O)C2=O. The van der Waals surface area contributed by atoms with E-state index in [1.807, 2.05) is 0 Å². The van der Waals surface area contributed by atoms with Crippen LogP contribution in [0.25, 0.3) is 0 Å². The molecule has 2 aliphatic heterocycles. The van der Waals surface area contributed by atoms with Crippen molar-refractivity contribution in [1.29, 1.82) is 0 Å². The second-order valence-electron chi connectivity index (χ2n) is 6.12. The monoisotopic (exact) mass is 358 g/mol. The first-order chi connectivity index (χ1) is 12.4. The topological polar surface area (TPSA) is 125 Å². The predicted molar refractivity (Wildman–Crippen MR) is 90.3 cm³/mol. The third-order valence-corrected chi connectivity index (χ3v) is 4.27. The Bertz CT molecular complexity index is 819. The first-order valence-corrected chi connectivity index (χ1v) is 8.22. The van der Waals surface area contributed by atoms with E-state index in [0.717, 1.165) is 4.90 Å². The number of amides is 5. The van der Waals surface area contributed by atoms with E-state index < -0.39 is 29.7 Å². The summed E-state index contributed by atoms with van der Waals surface area (Å²) >= 11 is 0. The van der Waals surface area contributed by atoms with Crippen molar-refractivity contribution in [3.05, 3.63) is 29.3 Å². The summed E-state index contributed by atoms with van der Waals surface area (Å²) in [6.45, 7) is 2.29. The van der Waals surface area contributed by atoms with Crippen LogP contribution in [0.2, 0.25) is 0 Å². The molecule has 2 heterocycles. The van der Waals surface area contributed by atoms with Gasteiger partial charge < -0.3 is 10.6 Å². The Morgan fingerprint density at radius 2 is 1.88 bits per heavy atom. The van der Waals surface area contributed by atoms with Gasteiger partial charge in [-0.2, -0.15) is 0 Å². The summed E-state index contributed by atoms with van der Waals surface area (Å²) in [4.78, 5) is 60.3. The van der Waals surface area contributed by atoms with Gasteiger partial charge in [-0.05, 0) is 24.6 Å². The zero-order valence-electron chi connectivity index (χ0n) is 14.1. The maximum Gasteiger partial charge on any atom is 0.262 e. The van der Waals surface area contributed by atoms with E-state index in [1.54, 1.807) is 12.1 Å². The minimum absolute atomic E-state index is 0.0831. The predicted octanol–water partition coefficient (Wildman–Crippen LogP) is -0.364. The molecule has 3 N–H and O–H groups in total. The van der Waals surface area contributed by atoms with Crippen LogP contribution in [-0.2, 0) is 14.4 Å². The number of piperidine rings is 1. The van der Waals surface area contributed by atoms with Gasteiger partial charge in [0.1, 0.15) is 6.04 Å². The van der Waals surface area contributed by atoms with E-state index in [2.05, 4.69) is 16.0 Å². The van der Waals surface area contributed by atoms with Gasteiger partial charge in [0.15, 0.2) is 0 Å². The summed E-state index contributed by atoms with van der Waals surface area (Å²) in [7, 11) is 0. The molecule has 0 aromatic heterocycles. The molecule has 1 saturated heterocycles. The van der Waals surface area contributed by atoms with Gasteiger partial charge in [-0.15, -0.1) is 0 Å². The normalized spacial score (nSPS) is 19.3. The molecule has 1 fully saturated rings. The maximum absolute atomic E-state index is 12.7. The van der Waals surface area contributed by atoms with E-state index in [1.165, 1.54) is 13.0 Å². The average molecular weight is 358 g/mol. The molecular formula is C17H18N4O5. The summed E-state index contributed by atoms with van der Waals surface area (Å²) in [5.74, 6) is -2.27. The molecule has 3 rings (SSSR count). The Morgan fingerprint density at radius 1 is 1.15 bits per heavy atom. The van der Waals surface area contributed by atoms with Gasteiger partial charge in [0.2, 0.25) is 17.7 Å². The molecule has 5 amide bonds. The van der Waals surface area contributed by atoms with Crippen molar-refractivity contribution in [3.63, 3.8) is 0 Å². The molecule has 9 nitrogen and oxygen atoms in total. The first-order valence-electron chi connectivity index (χ1n) is 8.22. The van der Waals surface area contributed by atoms with E-state index in [4.69, 9.17) is 0 Å². The van der Waals surface area contributed by atoms with E-state index in [-0.39, 0.29) is 29.9 Å². The van der Waals surface area contributed by atoms with E-state index in [0.29, 0.717) is 18.8 Å². The maximum atomic E-state index is 12.7. The number of anilines is 1. The van der Waals surface area contributed by atoms with Crippen LogP contribution in [0.5, 0.6) is 0 Å². The van der Waals surface area contributed by atoms with Gasteiger partial charge in [-0.1, -0.05) is 0 Å². The molecule has 136 valence electrons. The molecule has 9 heteroatoms. The summed E-state index contributed by atoms with van der Waals surface area (Å²) in [6, 6.07) is 3.76. The fourth-order valence-corrected chi connectivity index (χ4v) is 3.03. The smallest absolute Gasteiger partial charge is 0.262 e. The number of rotatable bonds is 5. The Kier molecular flexibility index (Phi) is 4.70. The lowest BCUT2D eigenvalue weighted by molar-refractivity contribution is -0.136. The number of hydrogen-bond donors (Lipinski definition) is 3. The highest BCUT2D eigenvalue weighted by atomic mass is 16.2. The van der Waals surface area contributed by atoms with Crippen molar-refractivity contribution in [2.24, 2.45) is 0 Å². The summed E-state index contributed by atoms with van der Waals surface area (Å²) in [5, 5.41) is 7.85. The highest BCUT2D eigenvalue weighted by Gasteiger charge is 2.44. The lowest BCUT2D eigenvalue weighted by Crippen LogP contribution is -2.54. The van der Waals surface area contributed by atoms with Crippen molar-refractivity contribution in [3.8, 4) is 0 Å². The average Bonchev–Trinajstić information content (AvgIpc) is 2.83.